The van der Waals surface area contributed by atoms with Gasteiger partial charge in [0, 0.05) is 35.4 Å². The fraction of sp³-hybridized carbons (Fsp3) is 0.316. The molecule has 0 unspecified atom stereocenters. The molecule has 1 heterocycles. The maximum atomic E-state index is 13.2. The third kappa shape index (κ3) is 4.27. The van der Waals surface area contributed by atoms with Crippen molar-refractivity contribution in [2.24, 2.45) is 0 Å². The zero-order valence-electron chi connectivity index (χ0n) is 15.3. The zero-order chi connectivity index (χ0) is 20.3. The van der Waals surface area contributed by atoms with Crippen LogP contribution in [0.4, 0.5) is 10.1 Å². The number of anilines is 1. The average Bonchev–Trinajstić information content (AvgIpc) is 2.70. The molecule has 0 N–H and O–H groups in total. The minimum Gasteiger partial charge on any atom is -0.379 e. The molecule has 0 atom stereocenters. The fourth-order valence-electron chi connectivity index (χ4n) is 2.98. The van der Waals surface area contributed by atoms with Gasteiger partial charge in [-0.25, -0.2) is 12.8 Å². The van der Waals surface area contributed by atoms with E-state index >= 15 is 0 Å². The Labute approximate surface area is 172 Å². The van der Waals surface area contributed by atoms with Crippen molar-refractivity contribution < 1.29 is 22.3 Å². The summed E-state index contributed by atoms with van der Waals surface area (Å²) in [5.41, 5.74) is 0.774. The molecule has 9 heteroatoms. The Morgan fingerprint density at radius 1 is 1.18 bits per heavy atom. The van der Waals surface area contributed by atoms with Gasteiger partial charge in [0.25, 0.3) is 5.91 Å². The molecule has 0 radical (unpaired) electrons. The first-order valence-corrected chi connectivity index (χ1v) is 11.0. The van der Waals surface area contributed by atoms with E-state index in [9.17, 15) is 17.6 Å². The van der Waals surface area contributed by atoms with E-state index in [-0.39, 0.29) is 29.5 Å². The Balaban J connectivity index is 1.95. The summed E-state index contributed by atoms with van der Waals surface area (Å²) in [6.07, 6.45) is 0. The third-order valence-electron chi connectivity index (χ3n) is 4.47. The molecule has 0 spiro atoms. The predicted molar refractivity (Wildman–Crippen MR) is 107 cm³/mol. The Bertz CT molecular complexity index is 960. The largest absolute Gasteiger partial charge is 0.379 e. The summed E-state index contributed by atoms with van der Waals surface area (Å²) in [6, 6.07) is 10.1. The smallest absolute Gasteiger partial charge is 0.258 e. The molecule has 6 nitrogen and oxygen atoms in total. The second kappa shape index (κ2) is 8.69. The van der Waals surface area contributed by atoms with Crippen LogP contribution in [-0.4, -0.2) is 51.5 Å². The number of ether oxygens (including phenoxy) is 1. The van der Waals surface area contributed by atoms with Gasteiger partial charge in [-0.2, -0.15) is 4.31 Å². The molecule has 2 aromatic rings. The molecular weight excluding hydrogens is 451 g/mol. The van der Waals surface area contributed by atoms with Gasteiger partial charge in [-0.3, -0.25) is 4.79 Å². The number of carbonyl (C=O) groups is 1. The molecule has 2 aromatic carbocycles. The van der Waals surface area contributed by atoms with Gasteiger partial charge < -0.3 is 9.64 Å². The van der Waals surface area contributed by atoms with Crippen molar-refractivity contribution in [1.82, 2.24) is 4.31 Å². The van der Waals surface area contributed by atoms with E-state index in [1.165, 1.54) is 39.5 Å². The van der Waals surface area contributed by atoms with Crippen molar-refractivity contribution in [3.05, 3.63) is 58.3 Å². The Morgan fingerprint density at radius 3 is 2.43 bits per heavy atom. The third-order valence-corrected chi connectivity index (χ3v) is 7.36. The normalized spacial score (nSPS) is 15.4. The van der Waals surface area contributed by atoms with Gasteiger partial charge in [0.05, 0.1) is 18.1 Å². The van der Waals surface area contributed by atoms with E-state index in [1.54, 1.807) is 19.1 Å². The van der Waals surface area contributed by atoms with Crippen LogP contribution in [0, 0.1) is 5.82 Å². The molecule has 0 bridgehead atoms. The maximum Gasteiger partial charge on any atom is 0.258 e. The van der Waals surface area contributed by atoms with Crippen molar-refractivity contribution in [3.8, 4) is 0 Å². The van der Waals surface area contributed by atoms with Crippen LogP contribution in [0.2, 0.25) is 0 Å². The number of amides is 1. The highest BCUT2D eigenvalue weighted by Crippen LogP contribution is 2.28. The van der Waals surface area contributed by atoms with Crippen LogP contribution in [-0.2, 0) is 14.8 Å². The van der Waals surface area contributed by atoms with E-state index in [0.717, 1.165) is 0 Å². The molecular formula is C19H20BrFN2O4S. The number of halogens is 2. The molecule has 1 aliphatic heterocycles. The fourth-order valence-corrected chi connectivity index (χ4v) is 5.34. The van der Waals surface area contributed by atoms with Gasteiger partial charge >= 0.3 is 0 Å². The number of nitrogens with zero attached hydrogens (tertiary/aromatic N) is 2. The van der Waals surface area contributed by atoms with Crippen LogP contribution in [0.5, 0.6) is 0 Å². The summed E-state index contributed by atoms with van der Waals surface area (Å²) >= 11 is 3.29. The van der Waals surface area contributed by atoms with Gasteiger partial charge in [-0.15, -0.1) is 0 Å². The molecule has 1 fully saturated rings. The maximum absolute atomic E-state index is 13.2. The van der Waals surface area contributed by atoms with Crippen LogP contribution in [0.25, 0.3) is 0 Å². The molecule has 150 valence electrons. The Kier molecular flexibility index (Phi) is 6.49. The summed E-state index contributed by atoms with van der Waals surface area (Å²) in [6.45, 7) is 3.36. The number of benzene rings is 2. The molecule has 1 amide bonds. The first kappa shape index (κ1) is 20.9. The topological polar surface area (TPSA) is 66.9 Å². The number of carbonyl (C=O) groups excluding carboxylic acids is 1. The van der Waals surface area contributed by atoms with E-state index in [0.29, 0.717) is 29.9 Å². The average molecular weight is 471 g/mol. The van der Waals surface area contributed by atoms with Gasteiger partial charge in [-0.05, 0) is 65.3 Å². The molecule has 1 saturated heterocycles. The molecule has 0 aromatic heterocycles. The number of rotatable bonds is 5. The summed E-state index contributed by atoms with van der Waals surface area (Å²) in [5, 5.41) is 0. The van der Waals surface area contributed by atoms with Gasteiger partial charge in [0.1, 0.15) is 5.82 Å². The number of sulfonamides is 1. The Hall–Kier alpha value is -1.81. The minimum absolute atomic E-state index is 0.0374. The standard InChI is InChI=1S/C19H20BrFN2O4S/c1-2-23(16-6-4-15(21)5-7-16)19(24)14-3-8-17(20)18(13-14)28(25,26)22-9-11-27-12-10-22/h3-8,13H,2,9-12H2,1H3. The van der Waals surface area contributed by atoms with E-state index < -0.39 is 15.8 Å². The van der Waals surface area contributed by atoms with Crippen LogP contribution in [0.1, 0.15) is 17.3 Å². The van der Waals surface area contributed by atoms with Gasteiger partial charge in [0.2, 0.25) is 10.0 Å². The first-order valence-electron chi connectivity index (χ1n) is 8.79. The van der Waals surface area contributed by atoms with Crippen LogP contribution < -0.4 is 4.90 Å². The summed E-state index contributed by atoms with van der Waals surface area (Å²) < 4.78 is 46.2. The highest BCUT2D eigenvalue weighted by molar-refractivity contribution is 9.10. The summed E-state index contributed by atoms with van der Waals surface area (Å²) in [4.78, 5) is 14.5. The van der Waals surface area contributed by atoms with Crippen molar-refractivity contribution in [3.63, 3.8) is 0 Å². The molecule has 0 aliphatic carbocycles. The minimum atomic E-state index is -3.77. The molecule has 28 heavy (non-hydrogen) atoms. The highest BCUT2D eigenvalue weighted by Gasteiger charge is 2.29. The van der Waals surface area contributed by atoms with Crippen molar-refractivity contribution in [2.45, 2.75) is 11.8 Å². The molecule has 0 saturated carbocycles. The second-order valence-corrected chi connectivity index (χ2v) is 8.95. The van der Waals surface area contributed by atoms with Gasteiger partial charge in [0.15, 0.2) is 0 Å². The lowest BCUT2D eigenvalue weighted by molar-refractivity contribution is 0.0730. The van der Waals surface area contributed by atoms with E-state index in [4.69, 9.17) is 4.74 Å². The van der Waals surface area contributed by atoms with Crippen LogP contribution >= 0.6 is 15.9 Å². The van der Waals surface area contributed by atoms with Gasteiger partial charge in [-0.1, -0.05) is 0 Å². The van der Waals surface area contributed by atoms with E-state index in [2.05, 4.69) is 15.9 Å². The zero-order valence-corrected chi connectivity index (χ0v) is 17.7. The van der Waals surface area contributed by atoms with Crippen LogP contribution in [0.15, 0.2) is 51.8 Å². The lowest BCUT2D eigenvalue weighted by Gasteiger charge is -2.27. The SMILES string of the molecule is CCN(C(=O)c1ccc(Br)c(S(=O)(=O)N2CCOCC2)c1)c1ccc(F)cc1. The molecule has 1 aliphatic rings. The monoisotopic (exact) mass is 470 g/mol. The quantitative estimate of drug-likeness (QED) is 0.672. The van der Waals surface area contributed by atoms with Crippen LogP contribution in [0.3, 0.4) is 0 Å². The van der Waals surface area contributed by atoms with Crippen molar-refractivity contribution >= 4 is 37.5 Å². The van der Waals surface area contributed by atoms with Crippen molar-refractivity contribution in [1.29, 1.82) is 0 Å². The summed E-state index contributed by atoms with van der Waals surface area (Å²) in [7, 11) is -3.77. The second-order valence-electron chi connectivity index (χ2n) is 6.19. The van der Waals surface area contributed by atoms with E-state index in [1.807, 2.05) is 0 Å². The number of hydrogen-bond acceptors (Lipinski definition) is 4. The lowest BCUT2D eigenvalue weighted by Crippen LogP contribution is -2.40. The Morgan fingerprint density at radius 2 is 1.82 bits per heavy atom. The number of morpholine rings is 1. The lowest BCUT2D eigenvalue weighted by atomic mass is 10.2. The highest BCUT2D eigenvalue weighted by atomic mass is 79.9. The molecule has 3 rings (SSSR count). The predicted octanol–water partition coefficient (Wildman–Crippen LogP) is 3.28. The summed E-state index contributed by atoms with van der Waals surface area (Å²) in [5.74, 6) is -0.755. The number of hydrogen-bond donors (Lipinski definition) is 0. The first-order chi connectivity index (χ1) is 13.3. The van der Waals surface area contributed by atoms with Crippen molar-refractivity contribution in [2.75, 3.05) is 37.7 Å².